The Morgan fingerprint density at radius 2 is 2.10 bits per heavy atom. The SMILES string of the molecule is O=C(OCCOCC(F)(F)F)c1ccnc(C2CC2)n1. The Labute approximate surface area is 113 Å². The molecule has 1 aliphatic rings. The van der Waals surface area contributed by atoms with Crippen LogP contribution in [0.1, 0.15) is 35.1 Å². The van der Waals surface area contributed by atoms with Crippen LogP contribution in [0.15, 0.2) is 12.3 Å². The summed E-state index contributed by atoms with van der Waals surface area (Å²) < 4.78 is 44.4. The van der Waals surface area contributed by atoms with Crippen LogP contribution in [0.2, 0.25) is 0 Å². The molecule has 0 atom stereocenters. The van der Waals surface area contributed by atoms with Crippen molar-refractivity contribution >= 4 is 5.97 Å². The van der Waals surface area contributed by atoms with Gasteiger partial charge >= 0.3 is 12.1 Å². The van der Waals surface area contributed by atoms with Crippen molar-refractivity contribution in [3.8, 4) is 0 Å². The maximum atomic E-state index is 11.8. The van der Waals surface area contributed by atoms with E-state index in [9.17, 15) is 18.0 Å². The molecule has 2 rings (SSSR count). The van der Waals surface area contributed by atoms with Gasteiger partial charge < -0.3 is 9.47 Å². The Morgan fingerprint density at radius 1 is 1.35 bits per heavy atom. The predicted octanol–water partition coefficient (Wildman–Crippen LogP) is 2.09. The molecular formula is C12H13F3N2O3. The van der Waals surface area contributed by atoms with E-state index in [4.69, 9.17) is 4.74 Å². The second kappa shape index (κ2) is 6.17. The first-order valence-corrected chi connectivity index (χ1v) is 6.10. The zero-order valence-electron chi connectivity index (χ0n) is 10.5. The van der Waals surface area contributed by atoms with E-state index in [0.29, 0.717) is 11.7 Å². The lowest BCUT2D eigenvalue weighted by Crippen LogP contribution is -2.20. The highest BCUT2D eigenvalue weighted by Crippen LogP contribution is 2.37. The molecule has 0 amide bonds. The summed E-state index contributed by atoms with van der Waals surface area (Å²) in [5.41, 5.74) is 0.109. The van der Waals surface area contributed by atoms with E-state index in [-0.39, 0.29) is 18.9 Å². The molecule has 8 heteroatoms. The van der Waals surface area contributed by atoms with Crippen LogP contribution in [0.25, 0.3) is 0 Å². The molecule has 1 heterocycles. The summed E-state index contributed by atoms with van der Waals surface area (Å²) in [5, 5.41) is 0. The zero-order chi connectivity index (χ0) is 14.6. The summed E-state index contributed by atoms with van der Waals surface area (Å²) in [5.74, 6) is 0.218. The Balaban J connectivity index is 1.73. The molecule has 1 fully saturated rings. The summed E-state index contributed by atoms with van der Waals surface area (Å²) in [6, 6.07) is 1.41. The summed E-state index contributed by atoms with van der Waals surface area (Å²) in [6.07, 6.45) is -0.902. The highest BCUT2D eigenvalue weighted by molar-refractivity contribution is 5.87. The van der Waals surface area contributed by atoms with Crippen molar-refractivity contribution in [2.75, 3.05) is 19.8 Å². The van der Waals surface area contributed by atoms with Crippen molar-refractivity contribution in [3.05, 3.63) is 23.8 Å². The third kappa shape index (κ3) is 4.76. The summed E-state index contributed by atoms with van der Waals surface area (Å²) in [7, 11) is 0. The maximum absolute atomic E-state index is 11.8. The van der Waals surface area contributed by atoms with Crippen molar-refractivity contribution in [1.82, 2.24) is 9.97 Å². The van der Waals surface area contributed by atoms with Gasteiger partial charge in [-0.25, -0.2) is 14.8 Å². The number of esters is 1. The van der Waals surface area contributed by atoms with Crippen LogP contribution >= 0.6 is 0 Å². The summed E-state index contributed by atoms with van der Waals surface area (Å²) in [4.78, 5) is 19.7. The monoisotopic (exact) mass is 290 g/mol. The highest BCUT2D eigenvalue weighted by atomic mass is 19.4. The van der Waals surface area contributed by atoms with Crippen LogP contribution in [-0.2, 0) is 9.47 Å². The average Bonchev–Trinajstić information content (AvgIpc) is 3.21. The molecule has 0 aromatic carbocycles. The molecule has 0 saturated heterocycles. The Bertz CT molecular complexity index is 475. The molecule has 0 unspecified atom stereocenters. The zero-order valence-corrected chi connectivity index (χ0v) is 10.5. The number of ether oxygens (including phenoxy) is 2. The number of halogens is 3. The van der Waals surface area contributed by atoms with Crippen LogP contribution < -0.4 is 0 Å². The largest absolute Gasteiger partial charge is 0.459 e. The van der Waals surface area contributed by atoms with E-state index < -0.39 is 18.8 Å². The van der Waals surface area contributed by atoms with Gasteiger partial charge in [-0.3, -0.25) is 0 Å². The number of hydrogen-bond donors (Lipinski definition) is 0. The van der Waals surface area contributed by atoms with E-state index in [1.54, 1.807) is 0 Å². The van der Waals surface area contributed by atoms with Gasteiger partial charge in [-0.1, -0.05) is 0 Å². The second-order valence-corrected chi connectivity index (χ2v) is 4.38. The van der Waals surface area contributed by atoms with Gasteiger partial charge in [-0.05, 0) is 18.9 Å². The van der Waals surface area contributed by atoms with Crippen LogP contribution in [0.5, 0.6) is 0 Å². The first-order chi connectivity index (χ1) is 9.46. The maximum Gasteiger partial charge on any atom is 0.411 e. The van der Waals surface area contributed by atoms with Crippen molar-refractivity contribution < 1.29 is 27.4 Å². The molecule has 0 spiro atoms. The number of carbonyl (C=O) groups excluding carboxylic acids is 1. The van der Waals surface area contributed by atoms with E-state index in [0.717, 1.165) is 12.8 Å². The van der Waals surface area contributed by atoms with Crippen molar-refractivity contribution in [2.45, 2.75) is 24.9 Å². The molecule has 1 saturated carbocycles. The second-order valence-electron chi connectivity index (χ2n) is 4.38. The standard InChI is InChI=1S/C12H13F3N2O3/c13-12(14,15)7-19-5-6-20-11(18)9-3-4-16-10(17-9)8-1-2-8/h3-4,8H,1-2,5-7H2. The number of nitrogens with zero attached hydrogens (tertiary/aromatic N) is 2. The lowest BCUT2D eigenvalue weighted by atomic mass is 10.3. The van der Waals surface area contributed by atoms with Gasteiger partial charge in [0.25, 0.3) is 0 Å². The first kappa shape index (κ1) is 14.7. The molecule has 1 aromatic rings. The third-order valence-electron chi connectivity index (χ3n) is 2.55. The number of rotatable bonds is 6. The van der Waals surface area contributed by atoms with Gasteiger partial charge in [0.15, 0.2) is 5.69 Å². The van der Waals surface area contributed by atoms with Gasteiger partial charge in [0.2, 0.25) is 0 Å². The predicted molar refractivity (Wildman–Crippen MR) is 61.2 cm³/mol. The number of alkyl halides is 3. The van der Waals surface area contributed by atoms with E-state index >= 15 is 0 Å². The van der Waals surface area contributed by atoms with E-state index in [2.05, 4.69) is 14.7 Å². The molecule has 0 aliphatic heterocycles. The van der Waals surface area contributed by atoms with Crippen LogP contribution in [0, 0.1) is 0 Å². The Morgan fingerprint density at radius 3 is 2.75 bits per heavy atom. The van der Waals surface area contributed by atoms with Crippen molar-refractivity contribution in [1.29, 1.82) is 0 Å². The first-order valence-electron chi connectivity index (χ1n) is 6.10. The van der Waals surface area contributed by atoms with Gasteiger partial charge in [-0.2, -0.15) is 13.2 Å². The minimum absolute atomic E-state index is 0.109. The van der Waals surface area contributed by atoms with Crippen LogP contribution in [-0.4, -0.2) is 41.9 Å². The molecule has 1 aliphatic carbocycles. The highest BCUT2D eigenvalue weighted by Gasteiger charge is 2.28. The fraction of sp³-hybridized carbons (Fsp3) is 0.583. The minimum Gasteiger partial charge on any atom is -0.459 e. The Hall–Kier alpha value is -1.70. The summed E-state index contributed by atoms with van der Waals surface area (Å²) in [6.45, 7) is -1.92. The number of aromatic nitrogens is 2. The van der Waals surface area contributed by atoms with Gasteiger partial charge in [-0.15, -0.1) is 0 Å². The molecule has 20 heavy (non-hydrogen) atoms. The topological polar surface area (TPSA) is 61.3 Å². The normalized spacial score (nSPS) is 15.2. The van der Waals surface area contributed by atoms with Gasteiger partial charge in [0.05, 0.1) is 6.61 Å². The summed E-state index contributed by atoms with van der Waals surface area (Å²) >= 11 is 0. The molecule has 110 valence electrons. The molecule has 0 bridgehead atoms. The van der Waals surface area contributed by atoms with E-state index in [1.807, 2.05) is 0 Å². The number of hydrogen-bond acceptors (Lipinski definition) is 5. The molecular weight excluding hydrogens is 277 g/mol. The number of carbonyl (C=O) groups is 1. The quantitative estimate of drug-likeness (QED) is 0.593. The van der Waals surface area contributed by atoms with Crippen molar-refractivity contribution in [2.24, 2.45) is 0 Å². The van der Waals surface area contributed by atoms with E-state index in [1.165, 1.54) is 12.3 Å². The molecule has 5 nitrogen and oxygen atoms in total. The van der Waals surface area contributed by atoms with Crippen LogP contribution in [0.4, 0.5) is 13.2 Å². The molecule has 0 radical (unpaired) electrons. The van der Waals surface area contributed by atoms with Gasteiger partial charge in [0.1, 0.15) is 19.0 Å². The third-order valence-corrected chi connectivity index (χ3v) is 2.55. The smallest absolute Gasteiger partial charge is 0.411 e. The molecule has 1 aromatic heterocycles. The average molecular weight is 290 g/mol. The van der Waals surface area contributed by atoms with Crippen LogP contribution in [0.3, 0.4) is 0 Å². The van der Waals surface area contributed by atoms with Crippen molar-refractivity contribution in [3.63, 3.8) is 0 Å². The fourth-order valence-electron chi connectivity index (χ4n) is 1.48. The molecule has 0 N–H and O–H groups in total. The Kier molecular flexibility index (Phi) is 4.53. The minimum atomic E-state index is -4.38. The lowest BCUT2D eigenvalue weighted by molar-refractivity contribution is -0.175. The lowest BCUT2D eigenvalue weighted by Gasteiger charge is -2.08. The fourth-order valence-corrected chi connectivity index (χ4v) is 1.48. The van der Waals surface area contributed by atoms with Gasteiger partial charge in [0, 0.05) is 12.1 Å².